The molecular weight excluding hydrogens is 234 g/mol. The highest BCUT2D eigenvalue weighted by Gasteiger charge is 2.35. The van der Waals surface area contributed by atoms with Gasteiger partial charge in [0.25, 0.3) is 0 Å². The lowest BCUT2D eigenvalue weighted by Gasteiger charge is -2.44. The van der Waals surface area contributed by atoms with Crippen molar-refractivity contribution in [2.24, 2.45) is 11.3 Å². The third kappa shape index (κ3) is 3.33. The molecule has 110 valence electrons. The van der Waals surface area contributed by atoms with Gasteiger partial charge in [0.15, 0.2) is 0 Å². The van der Waals surface area contributed by atoms with E-state index in [1.807, 2.05) is 0 Å². The largest absolute Gasteiger partial charge is 0.393 e. The lowest BCUT2D eigenvalue weighted by atomic mass is 9.68. The zero-order valence-corrected chi connectivity index (χ0v) is 12.4. The quantitative estimate of drug-likeness (QED) is 0.843. The molecule has 1 spiro atoms. The van der Waals surface area contributed by atoms with Crippen LogP contribution in [0.2, 0.25) is 0 Å². The number of nitrogens with zero attached hydrogens (tertiary/aromatic N) is 1. The minimum Gasteiger partial charge on any atom is -0.393 e. The summed E-state index contributed by atoms with van der Waals surface area (Å²) >= 11 is 0. The molecule has 2 unspecified atom stereocenters. The van der Waals surface area contributed by atoms with Crippen molar-refractivity contribution in [1.82, 2.24) is 4.90 Å². The van der Waals surface area contributed by atoms with E-state index in [-0.39, 0.29) is 6.10 Å². The van der Waals surface area contributed by atoms with Crippen molar-refractivity contribution in [1.29, 1.82) is 0 Å². The van der Waals surface area contributed by atoms with E-state index in [0.717, 1.165) is 11.8 Å². The van der Waals surface area contributed by atoms with Crippen LogP contribution in [0.1, 0.15) is 70.6 Å². The topological polar surface area (TPSA) is 23.5 Å². The average molecular weight is 265 g/mol. The molecule has 0 aromatic heterocycles. The van der Waals surface area contributed by atoms with Crippen LogP contribution in [0.5, 0.6) is 0 Å². The third-order valence-corrected chi connectivity index (χ3v) is 6.27. The Morgan fingerprint density at radius 3 is 2.26 bits per heavy atom. The summed E-state index contributed by atoms with van der Waals surface area (Å²) in [6, 6.07) is 0. The monoisotopic (exact) mass is 265 g/mol. The summed E-state index contributed by atoms with van der Waals surface area (Å²) in [5.74, 6) is 0.602. The van der Waals surface area contributed by atoms with Gasteiger partial charge in [-0.25, -0.2) is 0 Å². The van der Waals surface area contributed by atoms with Gasteiger partial charge >= 0.3 is 0 Å². The van der Waals surface area contributed by atoms with Gasteiger partial charge in [0.1, 0.15) is 0 Å². The van der Waals surface area contributed by atoms with Crippen molar-refractivity contribution in [2.75, 3.05) is 19.6 Å². The number of likely N-dealkylation sites (tertiary alicyclic amines) is 1. The Morgan fingerprint density at radius 2 is 1.63 bits per heavy atom. The molecule has 0 aromatic rings. The van der Waals surface area contributed by atoms with Gasteiger partial charge in [-0.15, -0.1) is 0 Å². The summed E-state index contributed by atoms with van der Waals surface area (Å²) in [7, 11) is 0. The van der Waals surface area contributed by atoms with Gasteiger partial charge in [-0.1, -0.05) is 25.7 Å². The van der Waals surface area contributed by atoms with Crippen LogP contribution in [-0.2, 0) is 0 Å². The molecule has 0 bridgehead atoms. The van der Waals surface area contributed by atoms with Gasteiger partial charge in [0.2, 0.25) is 0 Å². The maximum atomic E-state index is 9.90. The fourth-order valence-electron chi connectivity index (χ4n) is 4.76. The first-order valence-corrected chi connectivity index (χ1v) is 8.68. The number of hydrogen-bond donors (Lipinski definition) is 1. The molecule has 0 amide bonds. The summed E-state index contributed by atoms with van der Waals surface area (Å²) in [5.41, 5.74) is 0.738. The Kier molecular flexibility index (Phi) is 4.48. The first-order chi connectivity index (χ1) is 9.27. The molecule has 0 radical (unpaired) electrons. The SMILES string of the molecule is OC1CCCC1CCN1CCC2(CCCCC2)CC1. The molecule has 0 aromatic carbocycles. The zero-order valence-electron chi connectivity index (χ0n) is 12.4. The molecule has 3 fully saturated rings. The molecule has 2 saturated carbocycles. The highest BCUT2D eigenvalue weighted by atomic mass is 16.3. The summed E-state index contributed by atoms with van der Waals surface area (Å²) in [6.45, 7) is 3.88. The molecule has 1 aliphatic heterocycles. The molecule has 2 heteroatoms. The molecule has 2 nitrogen and oxygen atoms in total. The van der Waals surface area contributed by atoms with Gasteiger partial charge in [0, 0.05) is 0 Å². The van der Waals surface area contributed by atoms with Gasteiger partial charge in [-0.3, -0.25) is 0 Å². The van der Waals surface area contributed by atoms with Crippen LogP contribution in [-0.4, -0.2) is 35.7 Å². The minimum absolute atomic E-state index is 0.00878. The van der Waals surface area contributed by atoms with Crippen molar-refractivity contribution in [3.05, 3.63) is 0 Å². The zero-order chi connectivity index (χ0) is 13.1. The molecule has 1 N–H and O–H groups in total. The second kappa shape index (κ2) is 6.13. The standard InChI is InChI=1S/C17H31NO/c19-16-6-4-5-15(16)7-12-18-13-10-17(11-14-18)8-2-1-3-9-17/h15-16,19H,1-14H2. The predicted molar refractivity (Wildman–Crippen MR) is 79.2 cm³/mol. The summed E-state index contributed by atoms with van der Waals surface area (Å²) in [6.07, 6.45) is 15.1. The van der Waals surface area contributed by atoms with Crippen molar-refractivity contribution >= 4 is 0 Å². The first-order valence-electron chi connectivity index (χ1n) is 8.68. The van der Waals surface area contributed by atoms with Crippen LogP contribution in [0.4, 0.5) is 0 Å². The van der Waals surface area contributed by atoms with E-state index in [1.165, 1.54) is 83.8 Å². The van der Waals surface area contributed by atoms with E-state index in [2.05, 4.69) is 4.90 Å². The van der Waals surface area contributed by atoms with Crippen molar-refractivity contribution < 1.29 is 5.11 Å². The van der Waals surface area contributed by atoms with Crippen molar-refractivity contribution in [3.8, 4) is 0 Å². The number of aliphatic hydroxyl groups is 1. The summed E-state index contributed by atoms with van der Waals surface area (Å²) < 4.78 is 0. The average Bonchev–Trinajstić information content (AvgIpc) is 2.85. The highest BCUT2D eigenvalue weighted by molar-refractivity contribution is 4.88. The highest BCUT2D eigenvalue weighted by Crippen LogP contribution is 2.44. The lowest BCUT2D eigenvalue weighted by molar-refractivity contribution is 0.0582. The van der Waals surface area contributed by atoms with Crippen LogP contribution in [0.15, 0.2) is 0 Å². The summed E-state index contributed by atoms with van der Waals surface area (Å²) in [5, 5.41) is 9.90. The molecule has 2 atom stereocenters. The van der Waals surface area contributed by atoms with Crippen LogP contribution in [0.25, 0.3) is 0 Å². The lowest BCUT2D eigenvalue weighted by Crippen LogP contribution is -2.41. The Hall–Kier alpha value is -0.0800. The van der Waals surface area contributed by atoms with E-state index in [1.54, 1.807) is 0 Å². The van der Waals surface area contributed by atoms with E-state index in [0.29, 0.717) is 5.92 Å². The summed E-state index contributed by atoms with van der Waals surface area (Å²) in [4.78, 5) is 2.67. The fraction of sp³-hybridized carbons (Fsp3) is 1.00. The van der Waals surface area contributed by atoms with E-state index in [9.17, 15) is 5.11 Å². The van der Waals surface area contributed by atoms with E-state index in [4.69, 9.17) is 0 Å². The molecule has 1 heterocycles. The van der Waals surface area contributed by atoms with Gasteiger partial charge in [-0.2, -0.15) is 0 Å². The molecule has 19 heavy (non-hydrogen) atoms. The van der Waals surface area contributed by atoms with E-state index < -0.39 is 0 Å². The van der Waals surface area contributed by atoms with Gasteiger partial charge < -0.3 is 10.0 Å². The van der Waals surface area contributed by atoms with Crippen LogP contribution in [0.3, 0.4) is 0 Å². The van der Waals surface area contributed by atoms with Crippen LogP contribution in [0, 0.1) is 11.3 Å². The van der Waals surface area contributed by atoms with Gasteiger partial charge in [-0.05, 0) is 75.9 Å². The molecular formula is C17H31NO. The fourth-order valence-corrected chi connectivity index (χ4v) is 4.76. The van der Waals surface area contributed by atoms with Crippen LogP contribution < -0.4 is 0 Å². The minimum atomic E-state index is 0.00878. The van der Waals surface area contributed by atoms with Crippen molar-refractivity contribution in [3.63, 3.8) is 0 Å². The van der Waals surface area contributed by atoms with Crippen molar-refractivity contribution in [2.45, 2.75) is 76.7 Å². The number of hydrogen-bond acceptors (Lipinski definition) is 2. The number of rotatable bonds is 3. The predicted octanol–water partition coefficient (Wildman–Crippen LogP) is 3.58. The second-order valence-electron chi connectivity index (χ2n) is 7.45. The maximum Gasteiger partial charge on any atom is 0.0568 e. The first kappa shape index (κ1) is 13.9. The number of aliphatic hydroxyl groups excluding tert-OH is 1. The van der Waals surface area contributed by atoms with E-state index >= 15 is 0 Å². The van der Waals surface area contributed by atoms with Crippen LogP contribution >= 0.6 is 0 Å². The Labute approximate surface area is 118 Å². The maximum absolute atomic E-state index is 9.90. The Bertz CT molecular complexity index is 275. The third-order valence-electron chi connectivity index (χ3n) is 6.27. The Morgan fingerprint density at radius 1 is 0.895 bits per heavy atom. The van der Waals surface area contributed by atoms with Gasteiger partial charge in [0.05, 0.1) is 6.10 Å². The number of piperidine rings is 1. The molecule has 2 aliphatic carbocycles. The second-order valence-corrected chi connectivity index (χ2v) is 7.45. The normalized spacial score (nSPS) is 35.8. The molecule has 1 saturated heterocycles. The molecule has 3 rings (SSSR count). The molecule has 3 aliphatic rings. The Balaban J connectivity index is 1.40. The smallest absolute Gasteiger partial charge is 0.0568 e.